The summed E-state index contributed by atoms with van der Waals surface area (Å²) in [7, 11) is 0. The highest BCUT2D eigenvalue weighted by atomic mass is 79.9. The maximum absolute atomic E-state index is 13.1. The van der Waals surface area contributed by atoms with Crippen LogP contribution in [0.3, 0.4) is 0 Å². The number of benzene rings is 2. The molecule has 2 aliphatic heterocycles. The van der Waals surface area contributed by atoms with Gasteiger partial charge in [-0.3, -0.25) is 14.6 Å². The maximum atomic E-state index is 13.1. The quantitative estimate of drug-likeness (QED) is 0.441. The third-order valence-corrected chi connectivity index (χ3v) is 6.10. The Morgan fingerprint density at radius 3 is 2.83 bits per heavy atom. The van der Waals surface area contributed by atoms with Crippen LogP contribution >= 0.6 is 27.7 Å². The number of nitrogens with one attached hydrogen (secondary N) is 1. The molecule has 5 rings (SSSR count). The minimum absolute atomic E-state index is 0.148. The van der Waals surface area contributed by atoms with Crippen LogP contribution < -0.4 is 24.6 Å². The second-order valence-corrected chi connectivity index (χ2v) is 8.50. The second-order valence-electron chi connectivity index (χ2n) is 6.79. The van der Waals surface area contributed by atoms with E-state index in [1.807, 2.05) is 36.6 Å². The van der Waals surface area contributed by atoms with Crippen molar-refractivity contribution in [3.05, 3.63) is 56.8 Å². The van der Waals surface area contributed by atoms with Gasteiger partial charge < -0.3 is 9.47 Å². The van der Waals surface area contributed by atoms with Crippen molar-refractivity contribution < 1.29 is 19.0 Å². The molecular weight excluding hydrogens is 472 g/mol. The van der Waals surface area contributed by atoms with Gasteiger partial charge in [0.1, 0.15) is 0 Å². The van der Waals surface area contributed by atoms with E-state index in [1.54, 1.807) is 15.6 Å². The zero-order valence-corrected chi connectivity index (χ0v) is 18.4. The third-order valence-electron chi connectivity index (χ3n) is 5.04. The summed E-state index contributed by atoms with van der Waals surface area (Å²) >= 11 is 4.79. The Balaban J connectivity index is 1.84. The summed E-state index contributed by atoms with van der Waals surface area (Å²) in [5.41, 5.74) is 2.11. The molecule has 0 saturated carbocycles. The van der Waals surface area contributed by atoms with E-state index in [1.165, 1.54) is 18.7 Å². The number of amides is 1. The monoisotopic (exact) mass is 487 g/mol. The van der Waals surface area contributed by atoms with E-state index in [-0.39, 0.29) is 18.3 Å². The number of hydrogen-bond acceptors (Lipinski definition) is 6. The van der Waals surface area contributed by atoms with Crippen molar-refractivity contribution in [2.45, 2.75) is 18.2 Å². The molecule has 1 unspecified atom stereocenters. The summed E-state index contributed by atoms with van der Waals surface area (Å²) in [6.07, 6.45) is 1.17. The lowest BCUT2D eigenvalue weighted by Gasteiger charge is -2.31. The third kappa shape index (κ3) is 2.90. The summed E-state index contributed by atoms with van der Waals surface area (Å²) in [5, 5.41) is 5.10. The molecule has 1 N–H and O–H groups in total. The number of halogens is 1. The van der Waals surface area contributed by atoms with E-state index < -0.39 is 6.17 Å². The number of carbonyl (C=O) groups is 1. The Morgan fingerprint density at radius 1 is 1.27 bits per heavy atom. The van der Waals surface area contributed by atoms with Gasteiger partial charge >= 0.3 is 11.3 Å². The number of H-pyrrole nitrogens is 1. The van der Waals surface area contributed by atoms with Crippen LogP contribution in [0.4, 0.5) is 5.69 Å². The summed E-state index contributed by atoms with van der Waals surface area (Å²) < 4.78 is 13.4. The fourth-order valence-corrected chi connectivity index (χ4v) is 4.53. The van der Waals surface area contributed by atoms with E-state index in [0.717, 1.165) is 10.0 Å². The highest BCUT2D eigenvalue weighted by Gasteiger charge is 2.45. The van der Waals surface area contributed by atoms with Crippen LogP contribution in [0.2, 0.25) is 0 Å². The van der Waals surface area contributed by atoms with E-state index in [0.29, 0.717) is 33.6 Å². The molecule has 30 heavy (non-hydrogen) atoms. The van der Waals surface area contributed by atoms with Gasteiger partial charge in [0.15, 0.2) is 11.5 Å². The lowest BCUT2D eigenvalue weighted by atomic mass is 10.0. The van der Waals surface area contributed by atoms with E-state index in [4.69, 9.17) is 9.47 Å². The minimum atomic E-state index is -0.658. The molecule has 8 nitrogen and oxygen atoms in total. The molecule has 2 aliphatic rings. The number of aromatic amines is 1. The maximum Gasteiger partial charge on any atom is 0.325 e. The molecular formula is C20H16BrN4O4S+. The molecule has 3 aromatic rings. The number of anilines is 1. The van der Waals surface area contributed by atoms with Crippen LogP contribution in [0.1, 0.15) is 18.7 Å². The van der Waals surface area contributed by atoms with Crippen LogP contribution in [-0.4, -0.2) is 29.0 Å². The summed E-state index contributed by atoms with van der Waals surface area (Å²) in [5.74, 6) is 1.06. The van der Waals surface area contributed by atoms with Crippen molar-refractivity contribution in [1.82, 2.24) is 10.1 Å². The number of thioether (sulfide) groups is 1. The molecule has 152 valence electrons. The molecule has 0 bridgehead atoms. The molecule has 10 heteroatoms. The lowest BCUT2D eigenvalue weighted by Crippen LogP contribution is -2.60. The van der Waals surface area contributed by atoms with Gasteiger partial charge in [0.05, 0.1) is 11.3 Å². The van der Waals surface area contributed by atoms with Crippen molar-refractivity contribution in [2.24, 2.45) is 0 Å². The fraction of sp³-hybridized carbons (Fsp3) is 0.200. The molecule has 0 radical (unpaired) electrons. The topological polar surface area (TPSA) is 88.4 Å². The van der Waals surface area contributed by atoms with Crippen LogP contribution in [0.5, 0.6) is 11.5 Å². The number of aromatic nitrogens is 3. The number of rotatable bonds is 2. The molecule has 0 saturated heterocycles. The number of nitrogens with zero attached hydrogens (tertiary/aromatic N) is 3. The first-order valence-electron chi connectivity index (χ1n) is 9.07. The number of fused-ring (bicyclic) bond motifs is 4. The number of ether oxygens (including phenoxy) is 2. The molecule has 0 aliphatic carbocycles. The van der Waals surface area contributed by atoms with Crippen LogP contribution in [0.25, 0.3) is 11.3 Å². The average Bonchev–Trinajstić information content (AvgIpc) is 3.19. The van der Waals surface area contributed by atoms with Crippen LogP contribution in [0.15, 0.2) is 50.8 Å². The predicted octanol–water partition coefficient (Wildman–Crippen LogP) is 2.85. The zero-order valence-electron chi connectivity index (χ0n) is 16.0. The second kappa shape index (κ2) is 7.13. The molecule has 0 spiro atoms. The Bertz CT molecular complexity index is 1260. The van der Waals surface area contributed by atoms with E-state index >= 15 is 0 Å². The highest BCUT2D eigenvalue weighted by molar-refractivity contribution is 9.10. The summed E-state index contributed by atoms with van der Waals surface area (Å²) in [6, 6.07) is 11.0. The standard InChI is InChI=1S/C20H15BrN4O4S/c1-10(26)24-14-5-4-12(21)8-13(14)17-18(27)22-20(30-2)23-25(17)19(24)11-3-6-15-16(7-11)29-9-28-15/h3-8,19H,9H2,1-2H3/p+1. The molecule has 1 aromatic heterocycles. The smallest absolute Gasteiger partial charge is 0.325 e. The lowest BCUT2D eigenvalue weighted by molar-refractivity contribution is -0.763. The molecule has 2 aromatic carbocycles. The van der Waals surface area contributed by atoms with Gasteiger partial charge in [-0.15, -0.1) is 0 Å². The van der Waals surface area contributed by atoms with Crippen LogP contribution in [0, 0.1) is 0 Å². The fourth-order valence-electron chi connectivity index (χ4n) is 3.80. The Kier molecular flexibility index (Phi) is 4.55. The zero-order chi connectivity index (χ0) is 21.0. The normalized spacial score (nSPS) is 16.2. The van der Waals surface area contributed by atoms with E-state index in [2.05, 4.69) is 26.0 Å². The molecule has 3 heterocycles. The van der Waals surface area contributed by atoms with Crippen molar-refractivity contribution in [3.8, 4) is 22.8 Å². The first-order chi connectivity index (χ1) is 14.5. The van der Waals surface area contributed by atoms with Gasteiger partial charge in [0, 0.05) is 22.1 Å². The first-order valence-corrected chi connectivity index (χ1v) is 11.1. The Hall–Kier alpha value is -2.85. The minimum Gasteiger partial charge on any atom is -0.454 e. The van der Waals surface area contributed by atoms with Crippen molar-refractivity contribution in [3.63, 3.8) is 0 Å². The SMILES string of the molecule is CSc1n[n+]2c(c(=O)[nH]1)-c1cc(Br)ccc1N(C(C)=O)C2c1ccc2c(c1)OCO2. The van der Waals surface area contributed by atoms with Crippen LogP contribution in [-0.2, 0) is 4.79 Å². The van der Waals surface area contributed by atoms with E-state index in [9.17, 15) is 9.59 Å². The number of hydrogen-bond donors (Lipinski definition) is 1. The van der Waals surface area contributed by atoms with Gasteiger partial charge in [0.2, 0.25) is 17.9 Å². The van der Waals surface area contributed by atoms with Gasteiger partial charge in [-0.25, -0.2) is 4.90 Å². The Labute approximate surface area is 183 Å². The molecule has 1 amide bonds. The number of carbonyl (C=O) groups excluding carboxylic acids is 1. The largest absolute Gasteiger partial charge is 0.454 e. The first kappa shape index (κ1) is 19.1. The Morgan fingerprint density at radius 2 is 2.07 bits per heavy atom. The average molecular weight is 488 g/mol. The van der Waals surface area contributed by atoms with Gasteiger partial charge in [-0.05, 0) is 47.3 Å². The van der Waals surface area contributed by atoms with Gasteiger partial charge in [0.25, 0.3) is 6.17 Å². The van der Waals surface area contributed by atoms with Crippen molar-refractivity contribution in [2.75, 3.05) is 17.9 Å². The van der Waals surface area contributed by atoms with Crippen molar-refractivity contribution >= 4 is 39.3 Å². The van der Waals surface area contributed by atoms with Gasteiger partial charge in [-0.2, -0.15) is 0 Å². The summed E-state index contributed by atoms with van der Waals surface area (Å²) in [4.78, 5) is 30.4. The summed E-state index contributed by atoms with van der Waals surface area (Å²) in [6.45, 7) is 1.65. The highest BCUT2D eigenvalue weighted by Crippen LogP contribution is 2.41. The molecule has 1 atom stereocenters. The predicted molar refractivity (Wildman–Crippen MR) is 114 cm³/mol. The van der Waals surface area contributed by atoms with Gasteiger partial charge in [-0.1, -0.05) is 27.7 Å². The van der Waals surface area contributed by atoms with Crippen molar-refractivity contribution in [1.29, 1.82) is 0 Å². The molecule has 0 fully saturated rings.